The van der Waals surface area contributed by atoms with Crippen LogP contribution in [-0.4, -0.2) is 39.2 Å². The average Bonchev–Trinajstić information content (AvgIpc) is 2.26. The third-order valence-corrected chi connectivity index (χ3v) is 3.12. The van der Waals surface area contributed by atoms with Crippen LogP contribution in [0.3, 0.4) is 0 Å². The van der Waals surface area contributed by atoms with Crippen molar-refractivity contribution in [2.75, 3.05) is 29.6 Å². The highest BCUT2D eigenvalue weighted by molar-refractivity contribution is 7.98. The van der Waals surface area contributed by atoms with Gasteiger partial charge in [-0.1, -0.05) is 0 Å². The van der Waals surface area contributed by atoms with E-state index in [4.69, 9.17) is 5.73 Å². The van der Waals surface area contributed by atoms with E-state index in [1.54, 1.807) is 6.92 Å². The van der Waals surface area contributed by atoms with E-state index in [1.807, 2.05) is 6.26 Å². The van der Waals surface area contributed by atoms with Gasteiger partial charge in [-0.3, -0.25) is 10.1 Å². The van der Waals surface area contributed by atoms with E-state index in [0.29, 0.717) is 11.6 Å². The number of nitrogens with zero attached hydrogens (tertiary/aromatic N) is 2. The number of hydrogen-bond donors (Lipinski definition) is 3. The summed E-state index contributed by atoms with van der Waals surface area (Å²) in [5, 5.41) is 23.4. The number of nitrogens with one attached hydrogen (secondary N) is 1. The van der Waals surface area contributed by atoms with Crippen LogP contribution >= 0.6 is 11.8 Å². The molecule has 18 heavy (non-hydrogen) atoms. The predicted molar refractivity (Wildman–Crippen MR) is 72.8 cm³/mol. The Balaban J connectivity index is 2.70. The number of aromatic nitrogens is 1. The van der Waals surface area contributed by atoms with Crippen LogP contribution in [-0.2, 0) is 0 Å². The molecule has 0 radical (unpaired) electrons. The summed E-state index contributed by atoms with van der Waals surface area (Å²) in [5.74, 6) is 0.830. The summed E-state index contributed by atoms with van der Waals surface area (Å²) in [6.45, 7) is 1.99. The van der Waals surface area contributed by atoms with E-state index in [2.05, 4.69) is 10.3 Å². The lowest BCUT2D eigenvalue weighted by Gasteiger charge is -2.22. The summed E-state index contributed by atoms with van der Waals surface area (Å²) in [6.07, 6.45) is 1.90. The molecule has 1 aromatic rings. The molecule has 0 aromatic carbocycles. The van der Waals surface area contributed by atoms with Gasteiger partial charge in [0.1, 0.15) is 5.82 Å². The van der Waals surface area contributed by atoms with Gasteiger partial charge >= 0.3 is 5.69 Å². The van der Waals surface area contributed by atoms with Gasteiger partial charge in [0.2, 0.25) is 5.82 Å². The van der Waals surface area contributed by atoms with Crippen molar-refractivity contribution in [1.82, 2.24) is 4.98 Å². The predicted octanol–water partition coefficient (Wildman–Crippen LogP) is 1.10. The summed E-state index contributed by atoms with van der Waals surface area (Å²) < 4.78 is 0. The Hall–Kier alpha value is -1.54. The van der Waals surface area contributed by atoms with Crippen molar-refractivity contribution in [3.8, 4) is 0 Å². The zero-order valence-corrected chi connectivity index (χ0v) is 11.0. The highest BCUT2D eigenvalue weighted by Gasteiger charge is 2.20. The molecule has 0 saturated heterocycles. The molecule has 7 nitrogen and oxygen atoms in total. The molecule has 4 N–H and O–H groups in total. The molecule has 0 amide bonds. The van der Waals surface area contributed by atoms with Crippen LogP contribution < -0.4 is 11.1 Å². The van der Waals surface area contributed by atoms with Gasteiger partial charge in [-0.15, -0.1) is 0 Å². The molecule has 8 heteroatoms. The molecule has 1 unspecified atom stereocenters. The maximum absolute atomic E-state index is 10.6. The summed E-state index contributed by atoms with van der Waals surface area (Å²) in [5.41, 5.74) is 4.36. The maximum Gasteiger partial charge on any atom is 0.311 e. The zero-order chi connectivity index (χ0) is 13.8. The maximum atomic E-state index is 10.6. The minimum absolute atomic E-state index is 0.144. The van der Waals surface area contributed by atoms with E-state index in [1.165, 1.54) is 23.9 Å². The van der Waals surface area contributed by atoms with Gasteiger partial charge in [-0.05, 0) is 19.2 Å². The van der Waals surface area contributed by atoms with Crippen LogP contribution in [0.2, 0.25) is 0 Å². The SMILES string of the molecule is CSCC(C)(O)CNc1ccc([N+](=O)[O-])c(N)n1. The number of nitrogen functional groups attached to an aromatic ring is 1. The minimum atomic E-state index is -0.877. The van der Waals surface area contributed by atoms with Gasteiger partial charge in [-0.2, -0.15) is 11.8 Å². The Morgan fingerprint density at radius 1 is 1.67 bits per heavy atom. The van der Waals surface area contributed by atoms with Crippen molar-refractivity contribution in [2.24, 2.45) is 0 Å². The molecule has 0 saturated carbocycles. The van der Waals surface area contributed by atoms with Crippen molar-refractivity contribution in [1.29, 1.82) is 0 Å². The number of thioether (sulfide) groups is 1. The lowest BCUT2D eigenvalue weighted by Crippen LogP contribution is -2.36. The summed E-state index contributed by atoms with van der Waals surface area (Å²) in [7, 11) is 0. The highest BCUT2D eigenvalue weighted by Crippen LogP contribution is 2.21. The average molecular weight is 272 g/mol. The number of aliphatic hydroxyl groups is 1. The molecule has 0 aliphatic rings. The van der Waals surface area contributed by atoms with Crippen molar-refractivity contribution >= 4 is 29.1 Å². The van der Waals surface area contributed by atoms with Gasteiger partial charge in [0, 0.05) is 18.4 Å². The molecular formula is C10H16N4O3S. The lowest BCUT2D eigenvalue weighted by atomic mass is 10.1. The summed E-state index contributed by atoms with van der Waals surface area (Å²) in [4.78, 5) is 13.8. The summed E-state index contributed by atoms with van der Waals surface area (Å²) >= 11 is 1.53. The summed E-state index contributed by atoms with van der Waals surface area (Å²) in [6, 6.07) is 2.75. The molecular weight excluding hydrogens is 256 g/mol. The van der Waals surface area contributed by atoms with Gasteiger partial charge in [0.15, 0.2) is 0 Å². The second kappa shape index (κ2) is 5.87. The Bertz CT molecular complexity index is 439. The van der Waals surface area contributed by atoms with E-state index in [9.17, 15) is 15.2 Å². The minimum Gasteiger partial charge on any atom is -0.387 e. The number of anilines is 2. The molecule has 0 aliphatic heterocycles. The number of nitro groups is 1. The van der Waals surface area contributed by atoms with Crippen molar-refractivity contribution in [3.63, 3.8) is 0 Å². The van der Waals surface area contributed by atoms with Gasteiger partial charge < -0.3 is 16.2 Å². The number of pyridine rings is 1. The topological polar surface area (TPSA) is 114 Å². The monoisotopic (exact) mass is 272 g/mol. The smallest absolute Gasteiger partial charge is 0.311 e. The Kier molecular flexibility index (Phi) is 4.74. The van der Waals surface area contributed by atoms with E-state index < -0.39 is 10.5 Å². The highest BCUT2D eigenvalue weighted by atomic mass is 32.2. The first kappa shape index (κ1) is 14.5. The van der Waals surface area contributed by atoms with Crippen LogP contribution in [0.15, 0.2) is 12.1 Å². The molecule has 0 bridgehead atoms. The largest absolute Gasteiger partial charge is 0.387 e. The first-order chi connectivity index (χ1) is 8.35. The molecule has 1 rings (SSSR count). The lowest BCUT2D eigenvalue weighted by molar-refractivity contribution is -0.384. The first-order valence-electron chi connectivity index (χ1n) is 5.22. The first-order valence-corrected chi connectivity index (χ1v) is 6.61. The van der Waals surface area contributed by atoms with Crippen LogP contribution in [0, 0.1) is 10.1 Å². The molecule has 1 aromatic heterocycles. The molecule has 1 heterocycles. The number of hydrogen-bond acceptors (Lipinski definition) is 7. The van der Waals surface area contributed by atoms with Gasteiger partial charge in [0.25, 0.3) is 0 Å². The third kappa shape index (κ3) is 4.04. The van der Waals surface area contributed by atoms with Gasteiger partial charge in [0.05, 0.1) is 10.5 Å². The second-order valence-corrected chi connectivity index (χ2v) is 5.01. The van der Waals surface area contributed by atoms with Crippen molar-refractivity contribution < 1.29 is 10.0 Å². The van der Waals surface area contributed by atoms with Crippen LogP contribution in [0.1, 0.15) is 6.92 Å². The standard InChI is InChI=1S/C10H16N4O3S/c1-10(15,6-18-2)5-12-8-4-3-7(14(16)17)9(11)13-8/h3-4,15H,5-6H2,1-2H3,(H3,11,12,13). The van der Waals surface area contributed by atoms with Crippen molar-refractivity contribution in [2.45, 2.75) is 12.5 Å². The molecule has 100 valence electrons. The van der Waals surface area contributed by atoms with Crippen LogP contribution in [0.5, 0.6) is 0 Å². The number of nitrogens with two attached hydrogens (primary N) is 1. The Morgan fingerprint density at radius 2 is 2.33 bits per heavy atom. The normalized spacial score (nSPS) is 13.9. The Morgan fingerprint density at radius 3 is 2.83 bits per heavy atom. The van der Waals surface area contributed by atoms with E-state index >= 15 is 0 Å². The van der Waals surface area contributed by atoms with E-state index in [-0.39, 0.29) is 18.1 Å². The molecule has 0 aliphatic carbocycles. The Labute approximate surface area is 109 Å². The molecule has 0 fully saturated rings. The fourth-order valence-electron chi connectivity index (χ4n) is 1.36. The third-order valence-electron chi connectivity index (χ3n) is 2.20. The second-order valence-electron chi connectivity index (χ2n) is 4.14. The molecule has 0 spiro atoms. The van der Waals surface area contributed by atoms with Crippen LogP contribution in [0.25, 0.3) is 0 Å². The van der Waals surface area contributed by atoms with Crippen LogP contribution in [0.4, 0.5) is 17.3 Å². The molecule has 1 atom stereocenters. The fraction of sp³-hybridized carbons (Fsp3) is 0.500. The van der Waals surface area contributed by atoms with E-state index in [0.717, 1.165) is 0 Å². The van der Waals surface area contributed by atoms with Gasteiger partial charge in [-0.25, -0.2) is 4.98 Å². The fourth-order valence-corrected chi connectivity index (χ4v) is 2.09. The van der Waals surface area contributed by atoms with Crippen molar-refractivity contribution in [3.05, 3.63) is 22.2 Å². The quantitative estimate of drug-likeness (QED) is 0.524. The number of rotatable bonds is 6. The zero-order valence-electron chi connectivity index (χ0n) is 10.2.